The molecule has 7 nitrogen and oxygen atoms in total. The van der Waals surface area contributed by atoms with E-state index in [1.54, 1.807) is 17.7 Å². The molecule has 30 heavy (non-hydrogen) atoms. The molecular formula is C21H17BrN4O3S. The van der Waals surface area contributed by atoms with Crippen LogP contribution in [-0.2, 0) is 11.4 Å². The number of nitrogens with one attached hydrogen (secondary N) is 1. The first-order valence-electron chi connectivity index (χ1n) is 9.12. The number of hydrogen-bond acceptors (Lipinski definition) is 6. The van der Waals surface area contributed by atoms with Gasteiger partial charge < -0.3 is 9.47 Å². The molecule has 2 aliphatic rings. The molecule has 2 heterocycles. The van der Waals surface area contributed by atoms with Crippen LogP contribution in [0.25, 0.3) is 6.08 Å². The van der Waals surface area contributed by atoms with Crippen molar-refractivity contribution >= 4 is 56.2 Å². The van der Waals surface area contributed by atoms with Gasteiger partial charge in [0.1, 0.15) is 6.61 Å². The SMILES string of the molecule is CCOc1cc(C=C2C(=N)N3N=CSC3=NC2=O)cc(Br)c1OCc1ccccc1. The molecule has 152 valence electrons. The average molecular weight is 485 g/mol. The van der Waals surface area contributed by atoms with Crippen LogP contribution in [0.15, 0.2) is 62.6 Å². The monoisotopic (exact) mass is 484 g/mol. The summed E-state index contributed by atoms with van der Waals surface area (Å²) in [6.07, 6.45) is 1.61. The highest BCUT2D eigenvalue weighted by molar-refractivity contribution is 9.10. The minimum atomic E-state index is -0.470. The molecule has 4 rings (SSSR count). The van der Waals surface area contributed by atoms with E-state index in [2.05, 4.69) is 26.0 Å². The van der Waals surface area contributed by atoms with Gasteiger partial charge in [0.25, 0.3) is 5.91 Å². The summed E-state index contributed by atoms with van der Waals surface area (Å²) < 4.78 is 12.5. The Kier molecular flexibility index (Phi) is 6.01. The molecule has 1 N–H and O–H groups in total. The van der Waals surface area contributed by atoms with Gasteiger partial charge in [0.15, 0.2) is 22.5 Å². The van der Waals surface area contributed by atoms with Crippen LogP contribution in [0.1, 0.15) is 18.1 Å². The zero-order valence-corrected chi connectivity index (χ0v) is 18.4. The topological polar surface area (TPSA) is 87.3 Å². The Morgan fingerprint density at radius 2 is 2.03 bits per heavy atom. The van der Waals surface area contributed by atoms with E-state index < -0.39 is 5.91 Å². The number of aliphatic imine (C=N–C) groups is 1. The number of hydrazone groups is 1. The number of thioether (sulfide) groups is 1. The van der Waals surface area contributed by atoms with Gasteiger partial charge in [0.2, 0.25) is 0 Å². The first kappa shape index (κ1) is 20.4. The predicted octanol–water partition coefficient (Wildman–Crippen LogP) is 4.68. The maximum absolute atomic E-state index is 12.4. The van der Waals surface area contributed by atoms with E-state index in [1.165, 1.54) is 16.8 Å². The fourth-order valence-electron chi connectivity index (χ4n) is 2.91. The van der Waals surface area contributed by atoms with Crippen LogP contribution in [0, 0.1) is 5.41 Å². The van der Waals surface area contributed by atoms with E-state index in [0.29, 0.717) is 39.9 Å². The number of benzene rings is 2. The molecule has 2 aliphatic heterocycles. The van der Waals surface area contributed by atoms with Crippen LogP contribution in [0.4, 0.5) is 0 Å². The fourth-order valence-corrected chi connectivity index (χ4v) is 4.09. The molecule has 0 saturated heterocycles. The Morgan fingerprint density at radius 3 is 2.80 bits per heavy atom. The highest BCUT2D eigenvalue weighted by Crippen LogP contribution is 2.38. The Morgan fingerprint density at radius 1 is 1.23 bits per heavy atom. The number of carbonyl (C=O) groups is 1. The van der Waals surface area contributed by atoms with E-state index >= 15 is 0 Å². The van der Waals surface area contributed by atoms with Crippen LogP contribution in [0.3, 0.4) is 0 Å². The molecule has 0 aliphatic carbocycles. The zero-order chi connectivity index (χ0) is 21.1. The predicted molar refractivity (Wildman–Crippen MR) is 122 cm³/mol. The highest BCUT2D eigenvalue weighted by Gasteiger charge is 2.32. The first-order valence-corrected chi connectivity index (χ1v) is 10.8. The second-order valence-corrected chi connectivity index (χ2v) is 7.96. The second kappa shape index (κ2) is 8.85. The summed E-state index contributed by atoms with van der Waals surface area (Å²) in [6.45, 7) is 2.74. The van der Waals surface area contributed by atoms with Crippen molar-refractivity contribution < 1.29 is 14.3 Å². The minimum absolute atomic E-state index is 0.00950. The molecule has 2 aromatic carbocycles. The van der Waals surface area contributed by atoms with Gasteiger partial charge in [-0.1, -0.05) is 30.3 Å². The van der Waals surface area contributed by atoms with Gasteiger partial charge >= 0.3 is 0 Å². The summed E-state index contributed by atoms with van der Waals surface area (Å²) in [5, 5.41) is 14.1. The number of fused-ring (bicyclic) bond motifs is 1. The van der Waals surface area contributed by atoms with Gasteiger partial charge in [-0.2, -0.15) is 15.1 Å². The summed E-state index contributed by atoms with van der Waals surface area (Å²) in [5.41, 5.74) is 3.43. The number of rotatable bonds is 6. The molecule has 0 radical (unpaired) electrons. The lowest BCUT2D eigenvalue weighted by atomic mass is 10.1. The summed E-state index contributed by atoms with van der Waals surface area (Å²) in [7, 11) is 0. The average Bonchev–Trinajstić information content (AvgIpc) is 3.20. The third-order valence-electron chi connectivity index (χ3n) is 4.27. The molecule has 1 amide bonds. The molecule has 9 heteroatoms. The Labute approximate surface area is 186 Å². The molecule has 0 unspecified atom stereocenters. The number of ether oxygens (including phenoxy) is 2. The molecule has 0 bridgehead atoms. The summed E-state index contributed by atoms with van der Waals surface area (Å²) in [4.78, 5) is 16.4. The second-order valence-electron chi connectivity index (χ2n) is 6.29. The first-order chi connectivity index (χ1) is 14.6. The maximum Gasteiger partial charge on any atom is 0.283 e. The molecule has 0 fully saturated rings. The van der Waals surface area contributed by atoms with Crippen molar-refractivity contribution in [3.05, 3.63) is 63.6 Å². The molecule has 0 saturated carbocycles. The summed E-state index contributed by atoms with van der Waals surface area (Å²) in [6, 6.07) is 13.4. The fraction of sp³-hybridized carbons (Fsp3) is 0.143. The van der Waals surface area contributed by atoms with E-state index in [9.17, 15) is 4.79 Å². The number of nitrogens with zero attached hydrogens (tertiary/aromatic N) is 3. The number of hydrogen-bond donors (Lipinski definition) is 1. The number of amides is 1. The van der Waals surface area contributed by atoms with Gasteiger partial charge in [-0.15, -0.1) is 0 Å². The van der Waals surface area contributed by atoms with Crippen LogP contribution in [-0.4, -0.2) is 34.1 Å². The molecule has 2 aromatic rings. The maximum atomic E-state index is 12.4. The van der Waals surface area contributed by atoms with Crippen LogP contribution >= 0.6 is 27.7 Å². The third-order valence-corrected chi connectivity index (χ3v) is 5.53. The number of amidine groups is 2. The number of halogens is 1. The normalized spacial score (nSPS) is 16.7. The Bertz CT molecular complexity index is 1100. The third kappa shape index (κ3) is 4.17. The Balaban J connectivity index is 1.64. The highest BCUT2D eigenvalue weighted by atomic mass is 79.9. The van der Waals surface area contributed by atoms with Crippen molar-refractivity contribution in [2.24, 2.45) is 10.1 Å². The smallest absolute Gasteiger partial charge is 0.283 e. The quantitative estimate of drug-likeness (QED) is 0.601. The Hall–Kier alpha value is -2.91. The van der Waals surface area contributed by atoms with Gasteiger partial charge in [-0.05, 0) is 64.0 Å². The molecule has 0 atom stereocenters. The van der Waals surface area contributed by atoms with Crippen LogP contribution in [0.5, 0.6) is 11.5 Å². The van der Waals surface area contributed by atoms with Crippen LogP contribution in [0.2, 0.25) is 0 Å². The van der Waals surface area contributed by atoms with Gasteiger partial charge in [0, 0.05) is 0 Å². The lowest BCUT2D eigenvalue weighted by molar-refractivity contribution is -0.114. The lowest BCUT2D eigenvalue weighted by Crippen LogP contribution is -2.35. The lowest BCUT2D eigenvalue weighted by Gasteiger charge is -2.20. The van der Waals surface area contributed by atoms with E-state index in [4.69, 9.17) is 14.9 Å². The van der Waals surface area contributed by atoms with E-state index in [0.717, 1.165) is 5.56 Å². The van der Waals surface area contributed by atoms with E-state index in [-0.39, 0.29) is 11.4 Å². The van der Waals surface area contributed by atoms with E-state index in [1.807, 2.05) is 43.3 Å². The largest absolute Gasteiger partial charge is 0.490 e. The van der Waals surface area contributed by atoms with Crippen LogP contribution < -0.4 is 9.47 Å². The van der Waals surface area contributed by atoms with Crippen molar-refractivity contribution in [2.75, 3.05) is 6.61 Å². The molecule has 0 spiro atoms. The molecular weight excluding hydrogens is 468 g/mol. The zero-order valence-electron chi connectivity index (χ0n) is 16.0. The molecule has 0 aromatic heterocycles. The van der Waals surface area contributed by atoms with Gasteiger partial charge in [0.05, 0.1) is 22.2 Å². The van der Waals surface area contributed by atoms with Crippen molar-refractivity contribution in [1.29, 1.82) is 5.41 Å². The summed E-state index contributed by atoms with van der Waals surface area (Å²) in [5.74, 6) is 0.643. The van der Waals surface area contributed by atoms with Crippen molar-refractivity contribution in [2.45, 2.75) is 13.5 Å². The van der Waals surface area contributed by atoms with Crippen molar-refractivity contribution in [1.82, 2.24) is 5.01 Å². The van der Waals surface area contributed by atoms with Crippen molar-refractivity contribution in [3.63, 3.8) is 0 Å². The minimum Gasteiger partial charge on any atom is -0.490 e. The summed E-state index contributed by atoms with van der Waals surface area (Å²) >= 11 is 4.75. The standard InChI is InChI=1S/C21H17BrN4O3S/c1-2-28-17-10-14(8-15-19(23)26-21(25-20(15)27)30-12-24-26)9-16(22)18(17)29-11-13-6-4-3-5-7-13/h3-10,12,23H,2,11H2,1H3. The van der Waals surface area contributed by atoms with Crippen molar-refractivity contribution in [3.8, 4) is 11.5 Å². The number of carbonyl (C=O) groups excluding carboxylic acids is 1. The van der Waals surface area contributed by atoms with Gasteiger partial charge in [-0.3, -0.25) is 10.2 Å². The van der Waals surface area contributed by atoms with Gasteiger partial charge in [-0.25, -0.2) is 0 Å².